The summed E-state index contributed by atoms with van der Waals surface area (Å²) in [5, 5.41) is 17.0. The van der Waals surface area contributed by atoms with E-state index in [0.29, 0.717) is 5.92 Å². The summed E-state index contributed by atoms with van der Waals surface area (Å²) in [6.45, 7) is 3.06. The number of carbonyl (C=O) groups excluding carboxylic acids is 1. The number of carbonyl (C=O) groups is 1. The fourth-order valence-electron chi connectivity index (χ4n) is 4.27. The molecule has 138 valence electrons. The molecule has 1 aliphatic carbocycles. The number of benzene rings is 1. The molecule has 1 saturated carbocycles. The number of urea groups is 1. The highest BCUT2D eigenvalue weighted by atomic mass is 16.2. The number of hydrogen-bond acceptors (Lipinski definition) is 4. The highest BCUT2D eigenvalue weighted by molar-refractivity contribution is 5.76. The SMILES string of the molecule is N#CC1(c2ccc(C3CN(C(=O)N4CC[C@H](n5cnnc5)C4)C3)cc2)CC1. The third-order valence-electron chi connectivity index (χ3n) is 6.34. The zero-order chi connectivity index (χ0) is 18.4. The molecule has 0 spiro atoms. The molecule has 3 aliphatic rings. The molecule has 7 heteroatoms. The lowest BCUT2D eigenvalue weighted by Crippen LogP contribution is -2.53. The van der Waals surface area contributed by atoms with E-state index >= 15 is 0 Å². The number of hydrogen-bond donors (Lipinski definition) is 0. The first kappa shape index (κ1) is 16.3. The van der Waals surface area contributed by atoms with E-state index in [4.69, 9.17) is 0 Å². The Morgan fingerprint density at radius 2 is 1.78 bits per heavy atom. The zero-order valence-corrected chi connectivity index (χ0v) is 15.2. The van der Waals surface area contributed by atoms with Crippen molar-refractivity contribution in [3.8, 4) is 6.07 Å². The summed E-state index contributed by atoms with van der Waals surface area (Å²) in [5.74, 6) is 0.400. The molecule has 1 atom stereocenters. The van der Waals surface area contributed by atoms with Crippen LogP contribution in [-0.2, 0) is 5.41 Å². The standard InChI is InChI=1S/C20H22N6O/c21-12-20(6-7-20)17-3-1-15(2-4-17)16-9-25(10-16)19(27)24-8-5-18(11-24)26-13-22-23-14-26/h1-4,13-14,16,18H,5-11H2/t18-/m0/s1. The van der Waals surface area contributed by atoms with Crippen molar-refractivity contribution in [2.24, 2.45) is 0 Å². The van der Waals surface area contributed by atoms with Crippen LogP contribution < -0.4 is 0 Å². The fourth-order valence-corrected chi connectivity index (χ4v) is 4.27. The lowest BCUT2D eigenvalue weighted by Gasteiger charge is -2.41. The van der Waals surface area contributed by atoms with Gasteiger partial charge >= 0.3 is 6.03 Å². The molecule has 5 rings (SSSR count). The summed E-state index contributed by atoms with van der Waals surface area (Å²) < 4.78 is 1.99. The first-order valence-corrected chi connectivity index (χ1v) is 9.58. The Morgan fingerprint density at radius 3 is 2.41 bits per heavy atom. The van der Waals surface area contributed by atoms with E-state index in [0.717, 1.165) is 51.0 Å². The highest BCUT2D eigenvalue weighted by Gasteiger charge is 2.45. The predicted octanol–water partition coefficient (Wildman–Crippen LogP) is 2.30. The van der Waals surface area contributed by atoms with Crippen LogP contribution in [0.5, 0.6) is 0 Å². The number of aromatic nitrogens is 3. The predicted molar refractivity (Wildman–Crippen MR) is 97.9 cm³/mol. The molecule has 0 bridgehead atoms. The van der Waals surface area contributed by atoms with Crippen molar-refractivity contribution in [2.45, 2.75) is 36.6 Å². The van der Waals surface area contributed by atoms with Gasteiger partial charge in [0.05, 0.1) is 17.5 Å². The van der Waals surface area contributed by atoms with Gasteiger partial charge in [-0.2, -0.15) is 5.26 Å². The largest absolute Gasteiger partial charge is 0.323 e. The van der Waals surface area contributed by atoms with Crippen LogP contribution in [0.25, 0.3) is 0 Å². The molecule has 7 nitrogen and oxygen atoms in total. The van der Waals surface area contributed by atoms with Crippen LogP contribution in [0.2, 0.25) is 0 Å². The molecule has 0 radical (unpaired) electrons. The van der Waals surface area contributed by atoms with E-state index in [2.05, 4.69) is 40.5 Å². The number of amides is 2. The number of likely N-dealkylation sites (tertiary alicyclic amines) is 2. The summed E-state index contributed by atoms with van der Waals surface area (Å²) >= 11 is 0. The van der Waals surface area contributed by atoms with Crippen molar-refractivity contribution >= 4 is 6.03 Å². The van der Waals surface area contributed by atoms with Gasteiger partial charge in [-0.25, -0.2) is 4.79 Å². The van der Waals surface area contributed by atoms with E-state index < -0.39 is 0 Å². The van der Waals surface area contributed by atoms with Crippen LogP contribution in [0.3, 0.4) is 0 Å². The molecule has 27 heavy (non-hydrogen) atoms. The molecule has 2 aliphatic heterocycles. The van der Waals surface area contributed by atoms with Gasteiger partial charge in [-0.05, 0) is 30.4 Å². The number of nitriles is 1. The van der Waals surface area contributed by atoms with Crippen LogP contribution in [0.15, 0.2) is 36.9 Å². The lowest BCUT2D eigenvalue weighted by molar-refractivity contribution is 0.120. The van der Waals surface area contributed by atoms with Crippen molar-refractivity contribution in [1.29, 1.82) is 5.26 Å². The number of nitrogens with zero attached hydrogens (tertiary/aromatic N) is 6. The molecular formula is C20H22N6O. The van der Waals surface area contributed by atoms with Crippen LogP contribution in [0.1, 0.15) is 42.3 Å². The molecule has 2 aromatic rings. The van der Waals surface area contributed by atoms with Crippen molar-refractivity contribution in [2.75, 3.05) is 26.2 Å². The van der Waals surface area contributed by atoms with Crippen LogP contribution in [-0.4, -0.2) is 56.8 Å². The Hall–Kier alpha value is -2.88. The van der Waals surface area contributed by atoms with Gasteiger partial charge in [0, 0.05) is 32.1 Å². The monoisotopic (exact) mass is 362 g/mol. The van der Waals surface area contributed by atoms with E-state index in [9.17, 15) is 10.1 Å². The molecular weight excluding hydrogens is 340 g/mol. The summed E-state index contributed by atoms with van der Waals surface area (Å²) in [7, 11) is 0. The van der Waals surface area contributed by atoms with Crippen LogP contribution in [0.4, 0.5) is 4.79 Å². The Kier molecular flexibility index (Phi) is 3.67. The first-order chi connectivity index (χ1) is 13.2. The topological polar surface area (TPSA) is 78.0 Å². The molecule has 0 unspecified atom stereocenters. The Balaban J connectivity index is 1.16. The van der Waals surface area contributed by atoms with Crippen molar-refractivity contribution in [1.82, 2.24) is 24.6 Å². The Labute approximate surface area is 158 Å². The molecule has 1 aromatic heterocycles. The summed E-state index contributed by atoms with van der Waals surface area (Å²) in [6, 6.07) is 11.3. The van der Waals surface area contributed by atoms with E-state index in [1.165, 1.54) is 5.56 Å². The van der Waals surface area contributed by atoms with Gasteiger partial charge in [-0.15, -0.1) is 10.2 Å². The highest BCUT2D eigenvalue weighted by Crippen LogP contribution is 2.47. The third-order valence-corrected chi connectivity index (χ3v) is 6.34. The third kappa shape index (κ3) is 2.76. The maximum Gasteiger partial charge on any atom is 0.320 e. The van der Waals surface area contributed by atoms with E-state index in [1.807, 2.05) is 14.4 Å². The minimum absolute atomic E-state index is 0.139. The second kappa shape index (κ2) is 6.08. The maximum atomic E-state index is 12.7. The summed E-state index contributed by atoms with van der Waals surface area (Å²) in [6.07, 6.45) is 6.34. The minimum atomic E-state index is -0.225. The van der Waals surface area contributed by atoms with Crippen molar-refractivity contribution in [3.63, 3.8) is 0 Å². The molecule has 3 fully saturated rings. The van der Waals surface area contributed by atoms with Crippen LogP contribution in [0, 0.1) is 11.3 Å². The molecule has 0 N–H and O–H groups in total. The Morgan fingerprint density at radius 1 is 1.07 bits per heavy atom. The number of rotatable bonds is 3. The average molecular weight is 362 g/mol. The zero-order valence-electron chi connectivity index (χ0n) is 15.2. The molecule has 2 saturated heterocycles. The molecule has 1 aromatic carbocycles. The normalized spacial score (nSPS) is 23.7. The van der Waals surface area contributed by atoms with Gasteiger partial charge in [-0.1, -0.05) is 24.3 Å². The molecule has 3 heterocycles. The smallest absolute Gasteiger partial charge is 0.320 e. The van der Waals surface area contributed by atoms with Gasteiger partial charge < -0.3 is 14.4 Å². The lowest BCUT2D eigenvalue weighted by atomic mass is 9.89. The summed E-state index contributed by atoms with van der Waals surface area (Å²) in [5.41, 5.74) is 2.18. The first-order valence-electron chi connectivity index (χ1n) is 9.58. The maximum absolute atomic E-state index is 12.7. The molecule has 2 amide bonds. The fraction of sp³-hybridized carbons (Fsp3) is 0.500. The van der Waals surface area contributed by atoms with Crippen molar-refractivity contribution in [3.05, 3.63) is 48.0 Å². The van der Waals surface area contributed by atoms with Gasteiger partial charge in [0.25, 0.3) is 0 Å². The van der Waals surface area contributed by atoms with Gasteiger partial charge in [-0.3, -0.25) is 0 Å². The van der Waals surface area contributed by atoms with Crippen molar-refractivity contribution < 1.29 is 4.79 Å². The second-order valence-corrected chi connectivity index (χ2v) is 8.00. The van der Waals surface area contributed by atoms with Gasteiger partial charge in [0.1, 0.15) is 12.7 Å². The van der Waals surface area contributed by atoms with Crippen LogP contribution >= 0.6 is 0 Å². The Bertz CT molecular complexity index is 874. The van der Waals surface area contributed by atoms with Gasteiger partial charge in [0.15, 0.2) is 0 Å². The minimum Gasteiger partial charge on any atom is -0.323 e. The second-order valence-electron chi connectivity index (χ2n) is 8.00. The summed E-state index contributed by atoms with van der Waals surface area (Å²) in [4.78, 5) is 16.6. The van der Waals surface area contributed by atoms with E-state index in [1.54, 1.807) is 12.7 Å². The van der Waals surface area contributed by atoms with Gasteiger partial charge in [0.2, 0.25) is 0 Å². The average Bonchev–Trinajstić information content (AvgIpc) is 3.07. The quantitative estimate of drug-likeness (QED) is 0.839. The van der Waals surface area contributed by atoms with E-state index in [-0.39, 0.29) is 17.5 Å².